The highest BCUT2D eigenvalue weighted by molar-refractivity contribution is 6.31. The molecule has 0 atom stereocenters. The Balaban J connectivity index is 2.22. The summed E-state index contributed by atoms with van der Waals surface area (Å²) >= 11 is 5.72. The van der Waals surface area contributed by atoms with Crippen LogP contribution in [0.1, 0.15) is 11.1 Å². The van der Waals surface area contributed by atoms with Crippen LogP contribution in [0.25, 0.3) is 0 Å². The maximum Gasteiger partial charge on any atom is 0.134 e. The SMILES string of the molecule is Oc1cc(Cc2cccnc2)ccc1Cl. The molecule has 0 unspecified atom stereocenters. The van der Waals surface area contributed by atoms with Crippen LogP contribution >= 0.6 is 11.6 Å². The summed E-state index contributed by atoms with van der Waals surface area (Å²) in [6.45, 7) is 0. The van der Waals surface area contributed by atoms with Gasteiger partial charge in [-0.05, 0) is 35.7 Å². The van der Waals surface area contributed by atoms with E-state index in [1.807, 2.05) is 24.4 Å². The molecule has 0 amide bonds. The van der Waals surface area contributed by atoms with Crippen LogP contribution in [0.4, 0.5) is 0 Å². The number of aromatic nitrogens is 1. The fourth-order valence-electron chi connectivity index (χ4n) is 1.41. The van der Waals surface area contributed by atoms with E-state index in [1.165, 1.54) is 0 Å². The van der Waals surface area contributed by atoms with Gasteiger partial charge in [-0.25, -0.2) is 0 Å². The van der Waals surface area contributed by atoms with Gasteiger partial charge < -0.3 is 5.11 Å². The minimum absolute atomic E-state index is 0.123. The Hall–Kier alpha value is -1.54. The normalized spacial score (nSPS) is 10.2. The molecule has 2 rings (SSSR count). The Morgan fingerprint density at radius 2 is 2.07 bits per heavy atom. The molecule has 0 spiro atoms. The number of benzene rings is 1. The summed E-state index contributed by atoms with van der Waals surface area (Å²) in [6, 6.07) is 9.16. The summed E-state index contributed by atoms with van der Waals surface area (Å²) in [4.78, 5) is 4.03. The first-order chi connectivity index (χ1) is 7.25. The highest BCUT2D eigenvalue weighted by Gasteiger charge is 2.01. The Bertz CT molecular complexity index is 456. The highest BCUT2D eigenvalue weighted by atomic mass is 35.5. The molecule has 1 heterocycles. The molecule has 1 N–H and O–H groups in total. The third kappa shape index (κ3) is 2.48. The van der Waals surface area contributed by atoms with Gasteiger partial charge in [0.15, 0.2) is 0 Å². The number of rotatable bonds is 2. The second kappa shape index (κ2) is 4.32. The van der Waals surface area contributed by atoms with Gasteiger partial charge in [0.2, 0.25) is 0 Å². The largest absolute Gasteiger partial charge is 0.506 e. The van der Waals surface area contributed by atoms with E-state index in [0.29, 0.717) is 5.02 Å². The predicted octanol–water partition coefficient (Wildman–Crippen LogP) is 3.03. The summed E-state index contributed by atoms with van der Waals surface area (Å²) in [6.07, 6.45) is 4.30. The quantitative estimate of drug-likeness (QED) is 0.842. The molecule has 1 aromatic heterocycles. The molecule has 15 heavy (non-hydrogen) atoms. The lowest BCUT2D eigenvalue weighted by molar-refractivity contribution is 0.475. The zero-order chi connectivity index (χ0) is 10.7. The van der Waals surface area contributed by atoms with Gasteiger partial charge in [-0.3, -0.25) is 4.98 Å². The van der Waals surface area contributed by atoms with Crippen molar-refractivity contribution >= 4 is 11.6 Å². The lowest BCUT2D eigenvalue weighted by atomic mass is 10.1. The minimum Gasteiger partial charge on any atom is -0.506 e. The minimum atomic E-state index is 0.123. The molecule has 2 nitrogen and oxygen atoms in total. The van der Waals surface area contributed by atoms with Crippen molar-refractivity contribution in [1.29, 1.82) is 0 Å². The van der Waals surface area contributed by atoms with Gasteiger partial charge in [-0.1, -0.05) is 23.7 Å². The van der Waals surface area contributed by atoms with Crippen molar-refractivity contribution in [2.45, 2.75) is 6.42 Å². The van der Waals surface area contributed by atoms with E-state index in [-0.39, 0.29) is 5.75 Å². The van der Waals surface area contributed by atoms with E-state index in [2.05, 4.69) is 4.98 Å². The number of pyridine rings is 1. The van der Waals surface area contributed by atoms with E-state index < -0.39 is 0 Å². The van der Waals surface area contributed by atoms with Gasteiger partial charge in [-0.2, -0.15) is 0 Å². The number of phenolic OH excluding ortho intramolecular Hbond substituents is 1. The van der Waals surface area contributed by atoms with Crippen molar-refractivity contribution in [1.82, 2.24) is 4.98 Å². The number of aromatic hydroxyl groups is 1. The van der Waals surface area contributed by atoms with Crippen LogP contribution in [0, 0.1) is 0 Å². The number of hydrogen-bond donors (Lipinski definition) is 1. The number of phenols is 1. The Morgan fingerprint density at radius 1 is 1.20 bits per heavy atom. The Kier molecular flexibility index (Phi) is 2.88. The first kappa shape index (κ1) is 9.99. The lowest BCUT2D eigenvalue weighted by Crippen LogP contribution is -1.88. The smallest absolute Gasteiger partial charge is 0.134 e. The van der Waals surface area contributed by atoms with E-state index in [9.17, 15) is 5.11 Å². The summed E-state index contributed by atoms with van der Waals surface area (Å²) in [5, 5.41) is 9.81. The van der Waals surface area contributed by atoms with Crippen LogP contribution in [-0.4, -0.2) is 10.1 Å². The third-order valence-electron chi connectivity index (χ3n) is 2.14. The molecular formula is C12H10ClNO. The molecule has 76 valence electrons. The molecule has 2 aromatic rings. The van der Waals surface area contributed by atoms with Crippen molar-refractivity contribution < 1.29 is 5.11 Å². The zero-order valence-electron chi connectivity index (χ0n) is 8.02. The van der Waals surface area contributed by atoms with Crippen molar-refractivity contribution in [2.24, 2.45) is 0 Å². The first-order valence-corrected chi connectivity index (χ1v) is 5.00. The second-order valence-corrected chi connectivity index (χ2v) is 3.73. The van der Waals surface area contributed by atoms with Crippen molar-refractivity contribution in [3.05, 3.63) is 58.9 Å². The zero-order valence-corrected chi connectivity index (χ0v) is 8.78. The summed E-state index contributed by atoms with van der Waals surface area (Å²) in [5.41, 5.74) is 2.13. The average molecular weight is 220 g/mol. The second-order valence-electron chi connectivity index (χ2n) is 3.32. The predicted molar refractivity (Wildman–Crippen MR) is 60.2 cm³/mol. The van der Waals surface area contributed by atoms with Crippen molar-refractivity contribution in [3.63, 3.8) is 0 Å². The fourth-order valence-corrected chi connectivity index (χ4v) is 1.52. The summed E-state index contributed by atoms with van der Waals surface area (Å²) < 4.78 is 0. The highest BCUT2D eigenvalue weighted by Crippen LogP contribution is 2.24. The maximum absolute atomic E-state index is 9.43. The Labute approximate surface area is 93.2 Å². The van der Waals surface area contributed by atoms with Crippen LogP contribution in [0.3, 0.4) is 0 Å². The van der Waals surface area contributed by atoms with Crippen LogP contribution < -0.4 is 0 Å². The topological polar surface area (TPSA) is 33.1 Å². The molecule has 0 aliphatic heterocycles. The van der Waals surface area contributed by atoms with Crippen LogP contribution in [0.5, 0.6) is 5.75 Å². The molecule has 0 aliphatic carbocycles. The maximum atomic E-state index is 9.43. The summed E-state index contributed by atoms with van der Waals surface area (Å²) in [7, 11) is 0. The Morgan fingerprint density at radius 3 is 2.73 bits per heavy atom. The van der Waals surface area contributed by atoms with Crippen molar-refractivity contribution in [3.8, 4) is 5.75 Å². The number of nitrogens with zero attached hydrogens (tertiary/aromatic N) is 1. The molecule has 0 bridgehead atoms. The first-order valence-electron chi connectivity index (χ1n) is 4.62. The van der Waals surface area contributed by atoms with E-state index in [4.69, 9.17) is 11.6 Å². The molecule has 0 radical (unpaired) electrons. The number of halogens is 1. The van der Waals surface area contributed by atoms with Crippen LogP contribution in [0.2, 0.25) is 5.02 Å². The van der Waals surface area contributed by atoms with E-state index >= 15 is 0 Å². The molecular weight excluding hydrogens is 210 g/mol. The monoisotopic (exact) mass is 219 g/mol. The van der Waals surface area contributed by atoms with Gasteiger partial charge in [0.25, 0.3) is 0 Å². The molecule has 0 saturated carbocycles. The van der Waals surface area contributed by atoms with E-state index in [0.717, 1.165) is 17.5 Å². The molecule has 0 aliphatic rings. The average Bonchev–Trinajstić information content (AvgIpc) is 2.25. The van der Waals surface area contributed by atoms with Gasteiger partial charge in [0.1, 0.15) is 5.75 Å². The standard InChI is InChI=1S/C12H10ClNO/c13-11-4-3-9(7-12(11)15)6-10-2-1-5-14-8-10/h1-5,7-8,15H,6H2. The van der Waals surface area contributed by atoms with Crippen LogP contribution in [-0.2, 0) is 6.42 Å². The van der Waals surface area contributed by atoms with Gasteiger partial charge >= 0.3 is 0 Å². The van der Waals surface area contributed by atoms with Gasteiger partial charge in [0.05, 0.1) is 5.02 Å². The lowest BCUT2D eigenvalue weighted by Gasteiger charge is -2.03. The van der Waals surface area contributed by atoms with Crippen molar-refractivity contribution in [2.75, 3.05) is 0 Å². The molecule has 0 saturated heterocycles. The number of hydrogen-bond acceptors (Lipinski definition) is 2. The van der Waals surface area contributed by atoms with E-state index in [1.54, 1.807) is 18.3 Å². The van der Waals surface area contributed by atoms with Gasteiger partial charge in [-0.15, -0.1) is 0 Å². The third-order valence-corrected chi connectivity index (χ3v) is 2.46. The van der Waals surface area contributed by atoms with Gasteiger partial charge in [0, 0.05) is 12.4 Å². The van der Waals surface area contributed by atoms with Crippen LogP contribution in [0.15, 0.2) is 42.7 Å². The molecule has 0 fully saturated rings. The molecule has 1 aromatic carbocycles. The summed E-state index contributed by atoms with van der Waals surface area (Å²) in [5.74, 6) is 0.123. The fraction of sp³-hybridized carbons (Fsp3) is 0.0833. The molecule has 3 heteroatoms.